The fourth-order valence-electron chi connectivity index (χ4n) is 8.91. The lowest BCUT2D eigenvalue weighted by Gasteiger charge is -2.39. The van der Waals surface area contributed by atoms with Crippen molar-refractivity contribution in [1.29, 1.82) is 0 Å². The standard InChI is InChI=1S/C43H48F3N7O5/c1-47-15-2-16-52-27-36(30-4-7-32(8-5-30)58-43(44,45)46)34-23-29(3-10-37(34)52)26-49-17-13-28(14-18-49)25-50-19-21-51(22-20-50)31-6-9-33-35(24-31)42(57)53(41(33)56)38-11-12-39(54)48-40(38)55/h3-10,23-24,27-28,38,47H,2,11-22,25-26H2,1H3,(H,48,54,55). The highest BCUT2D eigenvalue weighted by Crippen LogP contribution is 2.35. The predicted molar refractivity (Wildman–Crippen MR) is 212 cm³/mol. The number of alkyl halides is 3. The number of aryl methyl sites for hydroxylation is 1. The Morgan fingerprint density at radius 1 is 0.810 bits per heavy atom. The fraction of sp³-hybridized carbons (Fsp3) is 0.442. The SMILES string of the molecule is CNCCCn1cc(-c2ccc(OC(F)(F)F)cc2)c2cc(CN3CCC(CN4CCN(c5ccc6c(c5)C(=O)N(C5CCC(=O)NC5=O)C6=O)CC4)CC3)ccc21. The number of likely N-dealkylation sites (tertiary alicyclic amines) is 1. The van der Waals surface area contributed by atoms with Gasteiger partial charge < -0.3 is 19.5 Å². The topological polar surface area (TPSA) is 119 Å². The molecule has 58 heavy (non-hydrogen) atoms. The van der Waals surface area contributed by atoms with Gasteiger partial charge in [0.05, 0.1) is 11.1 Å². The van der Waals surface area contributed by atoms with Crippen molar-refractivity contribution in [2.45, 2.75) is 57.6 Å². The molecule has 0 bridgehead atoms. The number of anilines is 1. The summed E-state index contributed by atoms with van der Waals surface area (Å²) in [6.07, 6.45) is 0.726. The minimum Gasteiger partial charge on any atom is -0.406 e. The molecule has 306 valence electrons. The number of halogens is 3. The molecule has 4 aliphatic heterocycles. The van der Waals surface area contributed by atoms with Crippen molar-refractivity contribution in [1.82, 2.24) is 29.9 Å². The van der Waals surface area contributed by atoms with Crippen molar-refractivity contribution in [3.8, 4) is 16.9 Å². The van der Waals surface area contributed by atoms with Crippen LogP contribution in [0.4, 0.5) is 18.9 Å². The predicted octanol–water partition coefficient (Wildman–Crippen LogP) is 5.25. The first-order valence-corrected chi connectivity index (χ1v) is 20.1. The number of fused-ring (bicyclic) bond motifs is 2. The summed E-state index contributed by atoms with van der Waals surface area (Å²) in [5.41, 5.74) is 5.58. The number of ether oxygens (including phenoxy) is 1. The first-order valence-electron chi connectivity index (χ1n) is 20.1. The third-order valence-electron chi connectivity index (χ3n) is 12.0. The highest BCUT2D eigenvalue weighted by atomic mass is 19.4. The van der Waals surface area contributed by atoms with Crippen molar-refractivity contribution in [3.63, 3.8) is 0 Å². The van der Waals surface area contributed by atoms with Crippen molar-refractivity contribution in [2.75, 3.05) is 64.3 Å². The smallest absolute Gasteiger partial charge is 0.406 e. The van der Waals surface area contributed by atoms with Gasteiger partial charge in [0.25, 0.3) is 11.8 Å². The summed E-state index contributed by atoms with van der Waals surface area (Å²) in [5, 5.41) is 6.51. The molecule has 1 unspecified atom stereocenters. The first kappa shape index (κ1) is 39.6. The van der Waals surface area contributed by atoms with Crippen LogP contribution in [0.3, 0.4) is 0 Å². The van der Waals surface area contributed by atoms with Gasteiger partial charge in [-0.3, -0.25) is 39.2 Å². The maximum Gasteiger partial charge on any atom is 0.573 e. The Morgan fingerprint density at radius 3 is 2.26 bits per heavy atom. The van der Waals surface area contributed by atoms with E-state index in [-0.39, 0.29) is 24.2 Å². The highest BCUT2D eigenvalue weighted by molar-refractivity contribution is 6.23. The quantitative estimate of drug-likeness (QED) is 0.146. The van der Waals surface area contributed by atoms with E-state index in [4.69, 9.17) is 0 Å². The van der Waals surface area contributed by atoms with Gasteiger partial charge >= 0.3 is 6.36 Å². The fourth-order valence-corrected chi connectivity index (χ4v) is 8.91. The monoisotopic (exact) mass is 799 g/mol. The lowest BCUT2D eigenvalue weighted by Crippen LogP contribution is -2.54. The minimum absolute atomic E-state index is 0.0849. The van der Waals surface area contributed by atoms with Crippen molar-refractivity contribution < 1.29 is 37.1 Å². The molecule has 0 aliphatic carbocycles. The van der Waals surface area contributed by atoms with Crippen LogP contribution in [0.1, 0.15) is 58.4 Å². The Balaban J connectivity index is 0.847. The lowest BCUT2D eigenvalue weighted by atomic mass is 9.95. The normalized spacial score (nSPS) is 20.0. The number of amides is 4. The number of imide groups is 2. The van der Waals surface area contributed by atoms with E-state index in [0.29, 0.717) is 11.5 Å². The molecule has 1 aromatic heterocycles. The minimum atomic E-state index is -4.74. The number of rotatable bonds is 12. The summed E-state index contributed by atoms with van der Waals surface area (Å²) in [6, 6.07) is 17.0. The van der Waals surface area contributed by atoms with E-state index in [2.05, 4.69) is 59.0 Å². The Kier molecular flexibility index (Phi) is 11.3. The molecule has 3 saturated heterocycles. The molecule has 0 radical (unpaired) electrons. The van der Waals surface area contributed by atoms with E-state index in [1.807, 2.05) is 13.1 Å². The van der Waals surface area contributed by atoms with Gasteiger partial charge in [0.1, 0.15) is 11.8 Å². The molecule has 4 aliphatic rings. The van der Waals surface area contributed by atoms with Gasteiger partial charge in [0.2, 0.25) is 11.8 Å². The maximum atomic E-state index is 13.3. The summed E-state index contributed by atoms with van der Waals surface area (Å²) in [7, 11) is 1.93. The molecule has 2 N–H and O–H groups in total. The van der Waals surface area contributed by atoms with E-state index < -0.39 is 36.0 Å². The second kappa shape index (κ2) is 16.5. The van der Waals surface area contributed by atoms with Gasteiger partial charge in [-0.25, -0.2) is 0 Å². The molecule has 5 heterocycles. The average Bonchev–Trinajstić information content (AvgIpc) is 3.68. The third kappa shape index (κ3) is 8.47. The molecule has 0 saturated carbocycles. The van der Waals surface area contributed by atoms with Crippen LogP contribution >= 0.6 is 0 Å². The zero-order valence-corrected chi connectivity index (χ0v) is 32.5. The first-order chi connectivity index (χ1) is 27.9. The second-order valence-electron chi connectivity index (χ2n) is 15.8. The molecular formula is C43H48F3N7O5. The molecule has 3 aromatic carbocycles. The summed E-state index contributed by atoms with van der Waals surface area (Å²) in [6.45, 7) is 8.92. The van der Waals surface area contributed by atoms with Crippen molar-refractivity contribution in [3.05, 3.63) is 83.6 Å². The number of carbonyl (C=O) groups excluding carboxylic acids is 4. The van der Waals surface area contributed by atoms with Crippen LogP contribution < -0.4 is 20.3 Å². The molecule has 4 amide bonds. The zero-order chi connectivity index (χ0) is 40.6. The number of nitrogens with one attached hydrogen (secondary N) is 2. The molecule has 4 aromatic rings. The summed E-state index contributed by atoms with van der Waals surface area (Å²) >= 11 is 0. The van der Waals surface area contributed by atoms with Crippen LogP contribution in [-0.4, -0.2) is 115 Å². The van der Waals surface area contributed by atoms with E-state index in [1.54, 1.807) is 24.3 Å². The maximum absolute atomic E-state index is 13.3. The van der Waals surface area contributed by atoms with Gasteiger partial charge in [-0.2, -0.15) is 0 Å². The highest BCUT2D eigenvalue weighted by Gasteiger charge is 2.45. The summed E-state index contributed by atoms with van der Waals surface area (Å²) in [4.78, 5) is 58.8. The van der Waals surface area contributed by atoms with E-state index in [0.717, 1.165) is 117 Å². The Bertz CT molecular complexity index is 2190. The number of benzene rings is 3. The number of piperidine rings is 2. The number of hydrogen-bond donors (Lipinski definition) is 2. The van der Waals surface area contributed by atoms with Crippen molar-refractivity contribution >= 4 is 40.2 Å². The van der Waals surface area contributed by atoms with Crippen LogP contribution in [0.5, 0.6) is 5.75 Å². The van der Waals surface area contributed by atoms with E-state index >= 15 is 0 Å². The van der Waals surface area contributed by atoms with Crippen LogP contribution in [0.2, 0.25) is 0 Å². The largest absolute Gasteiger partial charge is 0.573 e. The van der Waals surface area contributed by atoms with E-state index in [1.165, 1.54) is 17.7 Å². The molecule has 12 nitrogen and oxygen atoms in total. The van der Waals surface area contributed by atoms with Crippen LogP contribution in [0.25, 0.3) is 22.0 Å². The van der Waals surface area contributed by atoms with Gasteiger partial charge in [0.15, 0.2) is 0 Å². The van der Waals surface area contributed by atoms with Gasteiger partial charge in [-0.15, -0.1) is 13.2 Å². The van der Waals surface area contributed by atoms with Gasteiger partial charge in [0, 0.05) is 80.6 Å². The number of piperazine rings is 1. The molecule has 15 heteroatoms. The lowest BCUT2D eigenvalue weighted by molar-refractivity contribution is -0.274. The summed E-state index contributed by atoms with van der Waals surface area (Å²) in [5.74, 6) is -1.65. The summed E-state index contributed by atoms with van der Waals surface area (Å²) < 4.78 is 44.7. The van der Waals surface area contributed by atoms with Crippen LogP contribution in [0.15, 0.2) is 66.9 Å². The van der Waals surface area contributed by atoms with Crippen molar-refractivity contribution in [2.24, 2.45) is 5.92 Å². The Labute approximate surface area is 334 Å². The molecule has 0 spiro atoms. The number of nitrogens with zero attached hydrogens (tertiary/aromatic N) is 5. The number of aromatic nitrogens is 1. The average molecular weight is 800 g/mol. The Hall–Kier alpha value is -5.25. The van der Waals surface area contributed by atoms with Gasteiger partial charge in [-0.05, 0) is 112 Å². The molecule has 3 fully saturated rings. The molecular weight excluding hydrogens is 752 g/mol. The van der Waals surface area contributed by atoms with Crippen LogP contribution in [-0.2, 0) is 22.7 Å². The number of hydrogen-bond acceptors (Lipinski definition) is 9. The second-order valence-corrected chi connectivity index (χ2v) is 15.8. The molecule has 1 atom stereocenters. The zero-order valence-electron chi connectivity index (χ0n) is 32.5. The molecule has 8 rings (SSSR count). The third-order valence-corrected chi connectivity index (χ3v) is 12.0. The van der Waals surface area contributed by atoms with E-state index in [9.17, 15) is 32.3 Å². The van der Waals surface area contributed by atoms with Gasteiger partial charge in [-0.1, -0.05) is 18.2 Å². The van der Waals surface area contributed by atoms with Crippen LogP contribution in [0, 0.1) is 5.92 Å². The Morgan fingerprint density at radius 2 is 1.55 bits per heavy atom. The number of carbonyl (C=O) groups is 4.